The number of halogens is 1. The van der Waals surface area contributed by atoms with Gasteiger partial charge in [-0.2, -0.15) is 0 Å². The Morgan fingerprint density at radius 1 is 1.47 bits per heavy atom. The molecule has 1 aliphatic rings. The van der Waals surface area contributed by atoms with Crippen LogP contribution in [0.15, 0.2) is 28.8 Å². The van der Waals surface area contributed by atoms with Crippen molar-refractivity contribution in [2.45, 2.75) is 26.2 Å². The van der Waals surface area contributed by atoms with Gasteiger partial charge in [-0.1, -0.05) is 28.1 Å². The first kappa shape index (κ1) is 14.1. The molecule has 0 aliphatic heterocycles. The smallest absolute Gasteiger partial charge is 0.251 e. The highest BCUT2D eigenvalue weighted by atomic mass is 79.9. The molecule has 102 valence electrons. The standard InChI is InChI=1S/C15H19BrN2O/c1-10-13(7-12(16)8-14(10)17)15(19)18-9-11-5-3-2-4-6-11/h2-3,7-8,11H,4-6,9,17H2,1H3,(H,18,19). The number of carbonyl (C=O) groups excluding carboxylic acids is 1. The number of hydrogen-bond acceptors (Lipinski definition) is 2. The van der Waals surface area contributed by atoms with Gasteiger partial charge in [-0.15, -0.1) is 0 Å². The average Bonchev–Trinajstić information content (AvgIpc) is 2.41. The first-order chi connectivity index (χ1) is 9.08. The summed E-state index contributed by atoms with van der Waals surface area (Å²) in [5.41, 5.74) is 8.01. The molecule has 1 atom stereocenters. The van der Waals surface area contributed by atoms with E-state index in [0.717, 1.165) is 35.8 Å². The van der Waals surface area contributed by atoms with Crippen molar-refractivity contribution >= 4 is 27.5 Å². The Hall–Kier alpha value is -1.29. The number of hydrogen-bond donors (Lipinski definition) is 2. The number of nitrogen functional groups attached to an aromatic ring is 1. The summed E-state index contributed by atoms with van der Waals surface area (Å²) in [5.74, 6) is 0.513. The summed E-state index contributed by atoms with van der Waals surface area (Å²) in [5, 5.41) is 3.01. The average molecular weight is 323 g/mol. The second kappa shape index (κ2) is 6.24. The van der Waals surface area contributed by atoms with E-state index < -0.39 is 0 Å². The number of rotatable bonds is 3. The van der Waals surface area contributed by atoms with Gasteiger partial charge in [-0.3, -0.25) is 4.79 Å². The molecule has 3 N–H and O–H groups in total. The maximum Gasteiger partial charge on any atom is 0.251 e. The molecule has 1 aromatic rings. The fraction of sp³-hybridized carbons (Fsp3) is 0.400. The summed E-state index contributed by atoms with van der Waals surface area (Å²) in [4.78, 5) is 12.2. The fourth-order valence-corrected chi connectivity index (χ4v) is 2.79. The van der Waals surface area contributed by atoms with Gasteiger partial charge in [0, 0.05) is 22.3 Å². The van der Waals surface area contributed by atoms with Crippen LogP contribution in [0.3, 0.4) is 0 Å². The Balaban J connectivity index is 2.01. The van der Waals surface area contributed by atoms with E-state index in [1.165, 1.54) is 0 Å². The van der Waals surface area contributed by atoms with Crippen LogP contribution in [-0.2, 0) is 0 Å². The number of nitrogens with two attached hydrogens (primary N) is 1. The first-order valence-electron chi connectivity index (χ1n) is 6.56. The zero-order valence-corrected chi connectivity index (χ0v) is 12.7. The van der Waals surface area contributed by atoms with Crippen LogP contribution in [0.4, 0.5) is 5.69 Å². The summed E-state index contributed by atoms with van der Waals surface area (Å²) in [7, 11) is 0. The molecule has 1 aromatic carbocycles. The molecule has 19 heavy (non-hydrogen) atoms. The molecule has 0 spiro atoms. The quantitative estimate of drug-likeness (QED) is 0.661. The van der Waals surface area contributed by atoms with Crippen LogP contribution >= 0.6 is 15.9 Å². The molecule has 1 aliphatic carbocycles. The molecular formula is C15H19BrN2O. The van der Waals surface area contributed by atoms with Crippen molar-refractivity contribution in [3.05, 3.63) is 39.9 Å². The zero-order chi connectivity index (χ0) is 13.8. The van der Waals surface area contributed by atoms with E-state index in [4.69, 9.17) is 5.73 Å². The van der Waals surface area contributed by atoms with Crippen molar-refractivity contribution in [3.63, 3.8) is 0 Å². The number of anilines is 1. The topological polar surface area (TPSA) is 55.1 Å². The molecule has 2 rings (SSSR count). The molecule has 4 heteroatoms. The minimum absolute atomic E-state index is 0.0416. The lowest BCUT2D eigenvalue weighted by Crippen LogP contribution is -2.30. The first-order valence-corrected chi connectivity index (χ1v) is 7.36. The van der Waals surface area contributed by atoms with Gasteiger partial charge in [0.15, 0.2) is 0 Å². The molecule has 1 unspecified atom stereocenters. The summed E-state index contributed by atoms with van der Waals surface area (Å²) in [6.45, 7) is 2.61. The molecule has 0 saturated carbocycles. The monoisotopic (exact) mass is 322 g/mol. The van der Waals surface area contributed by atoms with Gasteiger partial charge in [0.2, 0.25) is 0 Å². The maximum atomic E-state index is 12.2. The molecule has 0 heterocycles. The van der Waals surface area contributed by atoms with Crippen molar-refractivity contribution in [1.29, 1.82) is 0 Å². The van der Waals surface area contributed by atoms with Gasteiger partial charge in [-0.25, -0.2) is 0 Å². The molecule has 3 nitrogen and oxygen atoms in total. The number of nitrogens with one attached hydrogen (secondary N) is 1. The summed E-state index contributed by atoms with van der Waals surface area (Å²) in [6, 6.07) is 3.64. The van der Waals surface area contributed by atoms with Gasteiger partial charge in [0.05, 0.1) is 0 Å². The van der Waals surface area contributed by atoms with E-state index >= 15 is 0 Å². The molecule has 0 saturated heterocycles. The molecule has 0 aromatic heterocycles. The number of carbonyl (C=O) groups is 1. The lowest BCUT2D eigenvalue weighted by molar-refractivity contribution is 0.0945. The molecule has 0 radical (unpaired) electrons. The zero-order valence-electron chi connectivity index (χ0n) is 11.1. The van der Waals surface area contributed by atoms with Crippen molar-refractivity contribution in [2.24, 2.45) is 5.92 Å². The van der Waals surface area contributed by atoms with Crippen LogP contribution in [0, 0.1) is 12.8 Å². The van der Waals surface area contributed by atoms with E-state index in [9.17, 15) is 4.79 Å². The third-order valence-corrected chi connectivity index (χ3v) is 4.04. The van der Waals surface area contributed by atoms with Crippen molar-refractivity contribution in [1.82, 2.24) is 5.32 Å². The normalized spacial score (nSPS) is 18.3. The van der Waals surface area contributed by atoms with Gasteiger partial charge in [-0.05, 0) is 49.8 Å². The molecule has 1 amide bonds. The maximum absolute atomic E-state index is 12.2. The van der Waals surface area contributed by atoms with Gasteiger partial charge in [0.25, 0.3) is 5.91 Å². The van der Waals surface area contributed by atoms with Crippen LogP contribution in [0.2, 0.25) is 0 Å². The second-order valence-corrected chi connectivity index (χ2v) is 5.94. The Morgan fingerprint density at radius 2 is 2.26 bits per heavy atom. The second-order valence-electron chi connectivity index (χ2n) is 5.03. The van der Waals surface area contributed by atoms with Crippen molar-refractivity contribution in [3.8, 4) is 0 Å². The van der Waals surface area contributed by atoms with Gasteiger partial charge < -0.3 is 11.1 Å². The summed E-state index contributed by atoms with van der Waals surface area (Å²) >= 11 is 3.37. The minimum Gasteiger partial charge on any atom is -0.398 e. The van der Waals surface area contributed by atoms with Crippen LogP contribution < -0.4 is 11.1 Å². The minimum atomic E-state index is -0.0416. The predicted molar refractivity (Wildman–Crippen MR) is 82.1 cm³/mol. The Kier molecular flexibility index (Phi) is 4.64. The van der Waals surface area contributed by atoms with Gasteiger partial charge >= 0.3 is 0 Å². The van der Waals surface area contributed by atoms with Gasteiger partial charge in [0.1, 0.15) is 0 Å². The number of allylic oxidation sites excluding steroid dienone is 2. The van der Waals surface area contributed by atoms with E-state index in [2.05, 4.69) is 33.4 Å². The highest BCUT2D eigenvalue weighted by Crippen LogP contribution is 2.23. The molecule has 0 fully saturated rings. The predicted octanol–water partition coefficient (Wildman–Crippen LogP) is 3.43. The van der Waals surface area contributed by atoms with Crippen LogP contribution in [0.1, 0.15) is 35.2 Å². The number of benzene rings is 1. The van der Waals surface area contributed by atoms with Crippen LogP contribution in [0.5, 0.6) is 0 Å². The van der Waals surface area contributed by atoms with E-state index in [0.29, 0.717) is 17.2 Å². The number of amides is 1. The van der Waals surface area contributed by atoms with Crippen molar-refractivity contribution in [2.75, 3.05) is 12.3 Å². The van der Waals surface area contributed by atoms with Crippen LogP contribution in [-0.4, -0.2) is 12.5 Å². The largest absolute Gasteiger partial charge is 0.398 e. The SMILES string of the molecule is Cc1c(N)cc(Br)cc1C(=O)NCC1CC=CCC1. The summed E-state index contributed by atoms with van der Waals surface area (Å²) in [6.07, 6.45) is 7.72. The lowest BCUT2D eigenvalue weighted by atomic mass is 9.94. The van der Waals surface area contributed by atoms with Crippen molar-refractivity contribution < 1.29 is 4.79 Å². The Bertz CT molecular complexity index is 511. The van der Waals surface area contributed by atoms with Crippen LogP contribution in [0.25, 0.3) is 0 Å². The third kappa shape index (κ3) is 3.60. The third-order valence-electron chi connectivity index (χ3n) is 3.59. The van der Waals surface area contributed by atoms with E-state index in [-0.39, 0.29) is 5.91 Å². The highest BCUT2D eigenvalue weighted by molar-refractivity contribution is 9.10. The highest BCUT2D eigenvalue weighted by Gasteiger charge is 2.15. The molecule has 0 bridgehead atoms. The Labute approximate surface area is 122 Å². The fourth-order valence-electron chi connectivity index (χ4n) is 2.31. The van der Waals surface area contributed by atoms with E-state index in [1.54, 1.807) is 0 Å². The molecular weight excluding hydrogens is 304 g/mol. The summed E-state index contributed by atoms with van der Waals surface area (Å²) < 4.78 is 0.835. The Morgan fingerprint density at radius 3 is 2.95 bits per heavy atom. The lowest BCUT2D eigenvalue weighted by Gasteiger charge is -2.18. The van der Waals surface area contributed by atoms with E-state index in [1.807, 2.05) is 19.1 Å².